The normalized spacial score (nSPS) is 12.4. The zero-order valence-electron chi connectivity index (χ0n) is 17.6. The number of fused-ring (bicyclic) bond motifs is 8. The summed E-state index contributed by atoms with van der Waals surface area (Å²) in [5.41, 5.74) is 10.8. The molecule has 4 aromatic heterocycles. The van der Waals surface area contributed by atoms with Gasteiger partial charge in [0.25, 0.3) is 0 Å². The minimum atomic E-state index is 0.847. The molecule has 0 aliphatic carbocycles. The molecule has 4 aromatic rings. The molecule has 0 atom stereocenters. The third-order valence-electron chi connectivity index (χ3n) is 5.77. The van der Waals surface area contributed by atoms with Gasteiger partial charge in [-0.1, -0.05) is 13.0 Å². The van der Waals surface area contributed by atoms with Crippen molar-refractivity contribution < 1.29 is 0 Å². The molecule has 2 aliphatic heterocycles. The fourth-order valence-corrected chi connectivity index (χ4v) is 4.27. The van der Waals surface area contributed by atoms with Crippen molar-refractivity contribution in [3.8, 4) is 11.3 Å². The Labute approximate surface area is 185 Å². The minimum absolute atomic E-state index is 0.847. The van der Waals surface area contributed by atoms with E-state index < -0.39 is 0 Å². The first-order valence-electron chi connectivity index (χ1n) is 10.8. The van der Waals surface area contributed by atoms with Crippen LogP contribution in [0.15, 0.2) is 60.8 Å². The highest BCUT2D eigenvalue weighted by atomic mass is 14.8. The second-order valence-corrected chi connectivity index (χ2v) is 7.88. The van der Waals surface area contributed by atoms with Crippen molar-refractivity contribution in [1.82, 2.24) is 24.9 Å². The molecule has 0 amide bonds. The van der Waals surface area contributed by atoms with E-state index >= 15 is 0 Å². The highest BCUT2D eigenvalue weighted by Crippen LogP contribution is 2.30. The third kappa shape index (κ3) is 3.24. The van der Waals surface area contributed by atoms with Gasteiger partial charge in [-0.3, -0.25) is 4.98 Å². The lowest BCUT2D eigenvalue weighted by molar-refractivity contribution is 1.08. The van der Waals surface area contributed by atoms with Crippen molar-refractivity contribution in [2.75, 3.05) is 0 Å². The maximum atomic E-state index is 5.03. The first kappa shape index (κ1) is 18.5. The number of nitrogens with one attached hydrogen (secondary N) is 2. The van der Waals surface area contributed by atoms with Gasteiger partial charge in [-0.05, 0) is 79.3 Å². The van der Waals surface area contributed by atoms with Crippen LogP contribution in [0.2, 0.25) is 0 Å². The molecule has 32 heavy (non-hydrogen) atoms. The molecule has 0 spiro atoms. The number of pyridine rings is 1. The summed E-state index contributed by atoms with van der Waals surface area (Å²) in [6.07, 6.45) is 11.0. The van der Waals surface area contributed by atoms with Crippen LogP contribution in [0, 0.1) is 0 Å². The lowest BCUT2D eigenvalue weighted by Crippen LogP contribution is -1.92. The number of nitrogens with zero attached hydrogens (tertiary/aromatic N) is 3. The van der Waals surface area contributed by atoms with Crippen LogP contribution in [-0.4, -0.2) is 24.9 Å². The second kappa shape index (κ2) is 7.46. The van der Waals surface area contributed by atoms with Crippen molar-refractivity contribution in [3.05, 3.63) is 89.1 Å². The Morgan fingerprint density at radius 1 is 0.719 bits per heavy atom. The van der Waals surface area contributed by atoms with Crippen LogP contribution in [0.5, 0.6) is 0 Å². The molecular weight excluding hydrogens is 394 g/mol. The molecule has 6 heterocycles. The number of hydrogen-bond donors (Lipinski definition) is 2. The highest BCUT2D eigenvalue weighted by Gasteiger charge is 2.14. The Balaban J connectivity index is 1.76. The van der Waals surface area contributed by atoms with Gasteiger partial charge in [0, 0.05) is 33.9 Å². The average Bonchev–Trinajstić information content (AvgIpc) is 3.60. The van der Waals surface area contributed by atoms with Gasteiger partial charge in [-0.2, -0.15) is 0 Å². The maximum Gasteiger partial charge on any atom is 0.0752 e. The van der Waals surface area contributed by atoms with E-state index in [1.165, 1.54) is 0 Å². The molecule has 154 valence electrons. The van der Waals surface area contributed by atoms with Crippen molar-refractivity contribution in [3.63, 3.8) is 0 Å². The first-order valence-corrected chi connectivity index (χ1v) is 10.8. The fraction of sp³-hybridized carbons (Fsp3) is 0.0741. The molecule has 6 rings (SSSR count). The summed E-state index contributed by atoms with van der Waals surface area (Å²) in [5, 5.41) is 0. The Kier molecular flexibility index (Phi) is 4.32. The van der Waals surface area contributed by atoms with Gasteiger partial charge >= 0.3 is 0 Å². The lowest BCUT2D eigenvalue weighted by atomic mass is 10.1. The van der Waals surface area contributed by atoms with Crippen LogP contribution in [0.3, 0.4) is 0 Å². The molecular formula is C27H21N5. The number of aromatic nitrogens is 5. The van der Waals surface area contributed by atoms with Gasteiger partial charge in [0.05, 0.1) is 34.0 Å². The quantitative estimate of drug-likeness (QED) is 0.350. The summed E-state index contributed by atoms with van der Waals surface area (Å²) < 4.78 is 0. The number of H-pyrrole nitrogens is 2. The van der Waals surface area contributed by atoms with E-state index in [1.54, 1.807) is 0 Å². The van der Waals surface area contributed by atoms with E-state index in [1.807, 2.05) is 24.4 Å². The Morgan fingerprint density at radius 2 is 1.47 bits per heavy atom. The fourth-order valence-electron chi connectivity index (χ4n) is 4.27. The maximum absolute atomic E-state index is 5.03. The first-order chi connectivity index (χ1) is 15.8. The summed E-state index contributed by atoms with van der Waals surface area (Å²) >= 11 is 0. The Hall–Kier alpha value is -4.25. The van der Waals surface area contributed by atoms with E-state index in [0.717, 1.165) is 68.1 Å². The van der Waals surface area contributed by atoms with Crippen molar-refractivity contribution in [1.29, 1.82) is 0 Å². The predicted octanol–water partition coefficient (Wildman–Crippen LogP) is 6.28. The summed E-state index contributed by atoms with van der Waals surface area (Å²) in [6.45, 7) is 2.15. The SMILES string of the molecule is CCc1c2nc(cc3ccc(cc4ccc([nH]4)c(-c4ccccn4)c4nc1C=C4)[nH]3)C=C2. The van der Waals surface area contributed by atoms with Crippen LogP contribution in [0.1, 0.15) is 35.3 Å². The average molecular weight is 416 g/mol. The van der Waals surface area contributed by atoms with Crippen molar-refractivity contribution >= 4 is 46.4 Å². The predicted molar refractivity (Wildman–Crippen MR) is 131 cm³/mol. The standard InChI is InChI=1S/C27H21N5/c1-2-21-22-10-8-19(30-22)15-17-6-7-18(29-17)16-20-9-11-25(31-20)27(24-5-3-4-14-28-24)26-13-12-23(21)32-26/h3-16,29,31H,2H2,1H3. The van der Waals surface area contributed by atoms with E-state index in [2.05, 4.69) is 82.6 Å². The van der Waals surface area contributed by atoms with Crippen LogP contribution in [-0.2, 0) is 6.42 Å². The molecule has 0 unspecified atom stereocenters. The van der Waals surface area contributed by atoms with Crippen molar-refractivity contribution in [2.24, 2.45) is 0 Å². The Morgan fingerprint density at radius 3 is 2.31 bits per heavy atom. The topological polar surface area (TPSA) is 70.2 Å². The largest absolute Gasteiger partial charge is 0.355 e. The van der Waals surface area contributed by atoms with Crippen LogP contribution >= 0.6 is 0 Å². The summed E-state index contributed by atoms with van der Waals surface area (Å²) in [5.74, 6) is 0. The van der Waals surface area contributed by atoms with Gasteiger partial charge in [-0.25, -0.2) is 9.97 Å². The lowest BCUT2D eigenvalue weighted by Gasteiger charge is -2.03. The van der Waals surface area contributed by atoms with E-state index in [4.69, 9.17) is 9.97 Å². The summed E-state index contributed by atoms with van der Waals surface area (Å²) in [4.78, 5) is 21.5. The van der Waals surface area contributed by atoms with Crippen molar-refractivity contribution in [2.45, 2.75) is 13.3 Å². The molecule has 0 saturated carbocycles. The summed E-state index contributed by atoms with van der Waals surface area (Å²) in [6, 6.07) is 18.4. The molecule has 0 aromatic carbocycles. The molecule has 2 aliphatic rings. The van der Waals surface area contributed by atoms with Gasteiger partial charge in [-0.15, -0.1) is 0 Å². The third-order valence-corrected chi connectivity index (χ3v) is 5.77. The number of rotatable bonds is 2. The second-order valence-electron chi connectivity index (χ2n) is 7.88. The zero-order chi connectivity index (χ0) is 21.5. The number of aromatic amines is 2. The van der Waals surface area contributed by atoms with Crippen LogP contribution in [0.4, 0.5) is 0 Å². The van der Waals surface area contributed by atoms with E-state index in [0.29, 0.717) is 0 Å². The highest BCUT2D eigenvalue weighted by molar-refractivity contribution is 5.90. The zero-order valence-corrected chi connectivity index (χ0v) is 17.6. The molecule has 0 radical (unpaired) electrons. The molecule has 0 saturated heterocycles. The Bertz CT molecular complexity index is 1550. The van der Waals surface area contributed by atoms with Crippen LogP contribution < -0.4 is 0 Å². The van der Waals surface area contributed by atoms with Gasteiger partial charge in [0.2, 0.25) is 0 Å². The molecule has 0 fully saturated rings. The smallest absolute Gasteiger partial charge is 0.0752 e. The molecule has 2 N–H and O–H groups in total. The van der Waals surface area contributed by atoms with E-state index in [-0.39, 0.29) is 0 Å². The van der Waals surface area contributed by atoms with E-state index in [9.17, 15) is 0 Å². The summed E-state index contributed by atoms with van der Waals surface area (Å²) in [7, 11) is 0. The minimum Gasteiger partial charge on any atom is -0.355 e. The molecule has 5 nitrogen and oxygen atoms in total. The monoisotopic (exact) mass is 415 g/mol. The van der Waals surface area contributed by atoms with Gasteiger partial charge in [0.15, 0.2) is 0 Å². The van der Waals surface area contributed by atoms with Gasteiger partial charge < -0.3 is 9.97 Å². The molecule has 8 bridgehead atoms. The number of hydrogen-bond acceptors (Lipinski definition) is 3. The van der Waals surface area contributed by atoms with Gasteiger partial charge in [0.1, 0.15) is 0 Å². The van der Waals surface area contributed by atoms with Crippen LogP contribution in [0.25, 0.3) is 57.6 Å². The molecule has 5 heteroatoms.